The van der Waals surface area contributed by atoms with Crippen LogP contribution in [0.25, 0.3) is 0 Å². The van der Waals surface area contributed by atoms with E-state index in [1.54, 1.807) is 6.07 Å². The molecule has 0 bridgehead atoms. The molecule has 0 saturated heterocycles. The van der Waals surface area contributed by atoms with E-state index in [1.165, 1.54) is 18.5 Å². The van der Waals surface area contributed by atoms with Gasteiger partial charge in [0.15, 0.2) is 5.82 Å². The van der Waals surface area contributed by atoms with Crippen LogP contribution in [-0.2, 0) is 13.2 Å². The van der Waals surface area contributed by atoms with Crippen molar-refractivity contribution in [2.24, 2.45) is 5.73 Å². The van der Waals surface area contributed by atoms with Crippen LogP contribution >= 0.6 is 23.2 Å². The molecule has 0 radical (unpaired) electrons. The minimum absolute atomic E-state index is 0.0917. The first-order chi connectivity index (χ1) is 9.52. The van der Waals surface area contributed by atoms with E-state index >= 15 is 0 Å². The number of nitrogens with two attached hydrogens (primary N) is 1. The number of ether oxygens (including phenoxy) is 1. The summed E-state index contributed by atoms with van der Waals surface area (Å²) in [5, 5.41) is 0.699. The average Bonchev–Trinajstić information content (AvgIpc) is 2.85. The molecule has 0 fully saturated rings. The van der Waals surface area contributed by atoms with E-state index in [-0.39, 0.29) is 24.0 Å². The van der Waals surface area contributed by atoms with Gasteiger partial charge < -0.3 is 10.5 Å². The normalized spacial score (nSPS) is 11.1. The molecule has 2 N–H and O–H groups in total. The maximum absolute atomic E-state index is 12.7. The molecule has 0 atom stereocenters. The molecule has 1 aromatic carbocycles. The van der Waals surface area contributed by atoms with E-state index in [4.69, 9.17) is 33.7 Å². The Morgan fingerprint density at radius 1 is 1.35 bits per heavy atom. The highest BCUT2D eigenvalue weighted by Crippen LogP contribution is 2.32. The van der Waals surface area contributed by atoms with Crippen LogP contribution in [0.3, 0.4) is 0 Å². The Labute approximate surface area is 124 Å². The van der Waals surface area contributed by atoms with Crippen molar-refractivity contribution in [1.29, 1.82) is 0 Å². The maximum atomic E-state index is 12.7. The van der Waals surface area contributed by atoms with Gasteiger partial charge in [-0.25, -0.2) is 4.98 Å². The van der Waals surface area contributed by atoms with Crippen molar-refractivity contribution in [2.45, 2.75) is 19.7 Å². The molecule has 0 unspecified atom stereocenters. The average molecular weight is 322 g/mol. The SMILES string of the molecule is NCc1cc(Cl)cc(Cl)c1OCc1nccn1C(F)F. The first-order valence-electron chi connectivity index (χ1n) is 5.63. The molecule has 0 aliphatic carbocycles. The summed E-state index contributed by atoms with van der Waals surface area (Å²) in [7, 11) is 0. The number of nitrogens with zero attached hydrogens (tertiary/aromatic N) is 2. The molecule has 8 heteroatoms. The predicted octanol–water partition coefficient (Wildman–Crippen LogP) is 3.62. The lowest BCUT2D eigenvalue weighted by atomic mass is 10.2. The molecular weight excluding hydrogens is 311 g/mol. The fraction of sp³-hybridized carbons (Fsp3) is 0.250. The number of hydrogen-bond donors (Lipinski definition) is 1. The van der Waals surface area contributed by atoms with E-state index < -0.39 is 6.55 Å². The van der Waals surface area contributed by atoms with Gasteiger partial charge in [0.05, 0.1) is 5.02 Å². The van der Waals surface area contributed by atoms with Gasteiger partial charge in [0.25, 0.3) is 0 Å². The standard InChI is InChI=1S/C12H11Cl2F2N3O/c13-8-3-7(5-17)11(9(14)4-8)20-6-10-18-1-2-19(10)12(15)16/h1-4,12H,5-6,17H2. The lowest BCUT2D eigenvalue weighted by Gasteiger charge is -2.13. The highest BCUT2D eigenvalue weighted by Gasteiger charge is 2.14. The summed E-state index contributed by atoms with van der Waals surface area (Å²) in [6, 6.07) is 3.11. The molecule has 2 rings (SSSR count). The summed E-state index contributed by atoms with van der Waals surface area (Å²) in [4.78, 5) is 3.81. The lowest BCUT2D eigenvalue weighted by molar-refractivity contribution is 0.0632. The van der Waals surface area contributed by atoms with Gasteiger partial charge in [-0.2, -0.15) is 8.78 Å². The zero-order valence-corrected chi connectivity index (χ0v) is 11.7. The van der Waals surface area contributed by atoms with Crippen molar-refractivity contribution in [2.75, 3.05) is 0 Å². The van der Waals surface area contributed by atoms with Gasteiger partial charge in [0.1, 0.15) is 12.4 Å². The molecule has 0 saturated carbocycles. The number of alkyl halides is 2. The fourth-order valence-corrected chi connectivity index (χ4v) is 2.29. The highest BCUT2D eigenvalue weighted by molar-refractivity contribution is 6.35. The summed E-state index contributed by atoms with van der Waals surface area (Å²) < 4.78 is 31.5. The Bertz CT molecular complexity index is 604. The summed E-state index contributed by atoms with van der Waals surface area (Å²) in [5.41, 5.74) is 6.17. The zero-order chi connectivity index (χ0) is 14.7. The topological polar surface area (TPSA) is 53.1 Å². The number of halogens is 4. The molecule has 0 aliphatic heterocycles. The molecule has 4 nitrogen and oxygen atoms in total. The van der Waals surface area contributed by atoms with Crippen LogP contribution in [0.4, 0.5) is 8.78 Å². The Morgan fingerprint density at radius 2 is 2.10 bits per heavy atom. The van der Waals surface area contributed by atoms with E-state index in [9.17, 15) is 8.78 Å². The third-order valence-corrected chi connectivity index (χ3v) is 3.11. The van der Waals surface area contributed by atoms with Crippen molar-refractivity contribution in [3.8, 4) is 5.75 Å². The van der Waals surface area contributed by atoms with E-state index in [0.29, 0.717) is 20.9 Å². The molecular formula is C12H11Cl2F2N3O. The van der Waals surface area contributed by atoms with Crippen LogP contribution in [0.5, 0.6) is 5.75 Å². The summed E-state index contributed by atoms with van der Waals surface area (Å²) in [6.07, 6.45) is 2.45. The van der Waals surface area contributed by atoms with Crippen molar-refractivity contribution in [3.05, 3.63) is 46.0 Å². The van der Waals surface area contributed by atoms with Gasteiger partial charge >= 0.3 is 6.55 Å². The highest BCUT2D eigenvalue weighted by atomic mass is 35.5. The van der Waals surface area contributed by atoms with Crippen LogP contribution in [0.2, 0.25) is 10.0 Å². The second kappa shape index (κ2) is 6.39. The Kier molecular flexibility index (Phi) is 4.80. The van der Waals surface area contributed by atoms with E-state index in [1.807, 2.05) is 0 Å². The molecule has 1 heterocycles. The minimum atomic E-state index is -2.68. The first kappa shape index (κ1) is 15.0. The molecule has 0 amide bonds. The molecule has 2 aromatic rings. The largest absolute Gasteiger partial charge is 0.484 e. The van der Waals surface area contributed by atoms with Gasteiger partial charge in [-0.3, -0.25) is 4.57 Å². The van der Waals surface area contributed by atoms with Crippen molar-refractivity contribution < 1.29 is 13.5 Å². The molecule has 108 valence electrons. The molecule has 1 aromatic heterocycles. The minimum Gasteiger partial charge on any atom is -0.484 e. The number of aromatic nitrogens is 2. The number of hydrogen-bond acceptors (Lipinski definition) is 3. The van der Waals surface area contributed by atoms with Crippen LogP contribution in [0.15, 0.2) is 24.5 Å². The lowest BCUT2D eigenvalue weighted by Crippen LogP contribution is -2.09. The smallest absolute Gasteiger partial charge is 0.320 e. The third-order valence-electron chi connectivity index (χ3n) is 2.61. The molecule has 0 aliphatic rings. The quantitative estimate of drug-likeness (QED) is 0.915. The summed E-state index contributed by atoms with van der Waals surface area (Å²) in [6.45, 7) is -2.66. The number of imidazole rings is 1. The van der Waals surface area contributed by atoms with E-state index in [0.717, 1.165) is 0 Å². The van der Waals surface area contributed by atoms with Crippen LogP contribution in [-0.4, -0.2) is 9.55 Å². The van der Waals surface area contributed by atoms with Crippen LogP contribution < -0.4 is 10.5 Å². The summed E-state index contributed by atoms with van der Waals surface area (Å²) >= 11 is 11.9. The first-order valence-corrected chi connectivity index (χ1v) is 6.39. The van der Waals surface area contributed by atoms with Crippen LogP contribution in [0, 0.1) is 0 Å². The summed E-state index contributed by atoms with van der Waals surface area (Å²) in [5.74, 6) is 0.413. The van der Waals surface area contributed by atoms with Gasteiger partial charge in [-0.1, -0.05) is 23.2 Å². The second-order valence-electron chi connectivity index (χ2n) is 3.90. The monoisotopic (exact) mass is 321 g/mol. The van der Waals surface area contributed by atoms with Crippen molar-refractivity contribution >= 4 is 23.2 Å². The molecule has 20 heavy (non-hydrogen) atoms. The Hall–Kier alpha value is -1.37. The second-order valence-corrected chi connectivity index (χ2v) is 4.74. The van der Waals surface area contributed by atoms with Crippen molar-refractivity contribution in [3.63, 3.8) is 0 Å². The predicted molar refractivity (Wildman–Crippen MR) is 72.2 cm³/mol. The Balaban J connectivity index is 2.21. The zero-order valence-electron chi connectivity index (χ0n) is 10.2. The van der Waals surface area contributed by atoms with Gasteiger partial charge in [0, 0.05) is 29.5 Å². The van der Waals surface area contributed by atoms with Gasteiger partial charge in [-0.05, 0) is 12.1 Å². The third kappa shape index (κ3) is 3.20. The number of rotatable bonds is 5. The fourth-order valence-electron chi connectivity index (χ4n) is 1.70. The van der Waals surface area contributed by atoms with E-state index in [2.05, 4.69) is 4.98 Å². The number of benzene rings is 1. The maximum Gasteiger partial charge on any atom is 0.320 e. The van der Waals surface area contributed by atoms with Gasteiger partial charge in [0.2, 0.25) is 0 Å². The Morgan fingerprint density at radius 3 is 2.75 bits per heavy atom. The molecule has 0 spiro atoms. The van der Waals surface area contributed by atoms with Gasteiger partial charge in [-0.15, -0.1) is 0 Å². The van der Waals surface area contributed by atoms with Crippen molar-refractivity contribution in [1.82, 2.24) is 9.55 Å². The van der Waals surface area contributed by atoms with Crippen LogP contribution in [0.1, 0.15) is 17.9 Å².